The van der Waals surface area contributed by atoms with Crippen molar-refractivity contribution < 1.29 is 14.3 Å². The summed E-state index contributed by atoms with van der Waals surface area (Å²) >= 11 is 1.33. The molecule has 1 aromatic carbocycles. The van der Waals surface area contributed by atoms with E-state index >= 15 is 0 Å². The molecule has 1 rings (SSSR count). The summed E-state index contributed by atoms with van der Waals surface area (Å²) in [6.07, 6.45) is 0. The van der Waals surface area contributed by atoms with E-state index in [1.165, 1.54) is 18.7 Å². The number of benzene rings is 1. The van der Waals surface area contributed by atoms with E-state index in [4.69, 9.17) is 4.74 Å². The third kappa shape index (κ3) is 4.79. The zero-order valence-electron chi connectivity index (χ0n) is 10.7. The number of ether oxygens (including phenoxy) is 1. The van der Waals surface area contributed by atoms with E-state index in [1.807, 2.05) is 0 Å². The molecule has 0 aliphatic rings. The summed E-state index contributed by atoms with van der Waals surface area (Å²) in [5.41, 5.74) is 0.719. The first kappa shape index (κ1) is 14.6. The van der Waals surface area contributed by atoms with Gasteiger partial charge in [0.1, 0.15) is 11.5 Å². The number of methoxy groups -OCH3 is 1. The van der Waals surface area contributed by atoms with Crippen LogP contribution in [-0.2, 0) is 9.59 Å². The first-order valence-electron chi connectivity index (χ1n) is 5.59. The number of carbonyl (C=O) groups is 2. The number of ketones is 1. The maximum atomic E-state index is 11.6. The second kappa shape index (κ2) is 7.06. The number of rotatable bonds is 6. The normalized spacial score (nSPS) is 11.7. The molecule has 1 amide bonds. The zero-order valence-corrected chi connectivity index (χ0v) is 11.5. The molecule has 0 radical (unpaired) electrons. The molecular weight excluding hydrogens is 250 g/mol. The van der Waals surface area contributed by atoms with Gasteiger partial charge in [0, 0.05) is 5.69 Å². The molecule has 1 N–H and O–H groups in total. The van der Waals surface area contributed by atoms with Crippen molar-refractivity contribution in [3.63, 3.8) is 0 Å². The summed E-state index contributed by atoms with van der Waals surface area (Å²) in [5.74, 6) is 0.982. The van der Waals surface area contributed by atoms with Crippen LogP contribution in [0.3, 0.4) is 0 Å². The molecule has 0 aliphatic carbocycles. The van der Waals surface area contributed by atoms with Crippen LogP contribution < -0.4 is 10.1 Å². The van der Waals surface area contributed by atoms with Gasteiger partial charge in [0.2, 0.25) is 5.91 Å². The monoisotopic (exact) mass is 267 g/mol. The van der Waals surface area contributed by atoms with Gasteiger partial charge >= 0.3 is 0 Å². The van der Waals surface area contributed by atoms with Crippen LogP contribution in [0.15, 0.2) is 24.3 Å². The highest BCUT2D eigenvalue weighted by atomic mass is 32.2. The third-order valence-electron chi connectivity index (χ3n) is 2.41. The first-order chi connectivity index (χ1) is 8.52. The van der Waals surface area contributed by atoms with Gasteiger partial charge in [-0.3, -0.25) is 9.59 Å². The Morgan fingerprint density at radius 1 is 1.33 bits per heavy atom. The Bertz CT molecular complexity index is 417. The van der Waals surface area contributed by atoms with E-state index < -0.39 is 0 Å². The fourth-order valence-electron chi connectivity index (χ4n) is 1.19. The summed E-state index contributed by atoms with van der Waals surface area (Å²) < 4.78 is 5.03. The molecule has 0 fully saturated rings. The van der Waals surface area contributed by atoms with Crippen molar-refractivity contribution in [1.82, 2.24) is 0 Å². The number of nitrogens with one attached hydrogen (secondary N) is 1. The van der Waals surface area contributed by atoms with Crippen molar-refractivity contribution in [3.8, 4) is 5.75 Å². The predicted molar refractivity (Wildman–Crippen MR) is 74.2 cm³/mol. The molecule has 4 nitrogen and oxygen atoms in total. The van der Waals surface area contributed by atoms with E-state index in [0.29, 0.717) is 0 Å². The van der Waals surface area contributed by atoms with Crippen LogP contribution in [0.25, 0.3) is 0 Å². The molecule has 0 saturated carbocycles. The maximum absolute atomic E-state index is 11.6. The average Bonchev–Trinajstić information content (AvgIpc) is 2.36. The fraction of sp³-hybridized carbons (Fsp3) is 0.385. The van der Waals surface area contributed by atoms with Crippen molar-refractivity contribution in [2.75, 3.05) is 18.2 Å². The molecule has 0 aliphatic heterocycles. The van der Waals surface area contributed by atoms with E-state index in [2.05, 4.69) is 5.32 Å². The summed E-state index contributed by atoms with van der Waals surface area (Å²) in [6.45, 7) is 3.33. The van der Waals surface area contributed by atoms with Crippen molar-refractivity contribution in [3.05, 3.63) is 24.3 Å². The fourth-order valence-corrected chi connectivity index (χ4v) is 1.90. The molecular formula is C13H17NO3S. The Labute approximate surface area is 111 Å². The maximum Gasteiger partial charge on any atom is 0.234 e. The van der Waals surface area contributed by atoms with Gasteiger partial charge in [0.25, 0.3) is 0 Å². The van der Waals surface area contributed by atoms with Crippen LogP contribution in [0.2, 0.25) is 0 Å². The van der Waals surface area contributed by atoms with Gasteiger partial charge in [-0.15, -0.1) is 11.8 Å². The molecule has 0 heterocycles. The molecule has 98 valence electrons. The smallest absolute Gasteiger partial charge is 0.234 e. The van der Waals surface area contributed by atoms with E-state index in [-0.39, 0.29) is 22.7 Å². The standard InChI is InChI=1S/C13H17NO3S/c1-9(15)10(2)18-8-13(16)14-11-4-6-12(17-3)7-5-11/h4-7,10H,8H2,1-3H3,(H,14,16). The Balaban J connectivity index is 2.42. The highest BCUT2D eigenvalue weighted by Crippen LogP contribution is 2.16. The van der Waals surface area contributed by atoms with Crippen LogP contribution in [0.1, 0.15) is 13.8 Å². The topological polar surface area (TPSA) is 55.4 Å². The molecule has 0 aromatic heterocycles. The van der Waals surface area contributed by atoms with Gasteiger partial charge in [-0.25, -0.2) is 0 Å². The van der Waals surface area contributed by atoms with Crippen LogP contribution in [0, 0.1) is 0 Å². The summed E-state index contributed by atoms with van der Waals surface area (Å²) in [7, 11) is 1.59. The lowest BCUT2D eigenvalue weighted by atomic mass is 10.3. The van der Waals surface area contributed by atoms with E-state index in [1.54, 1.807) is 38.3 Å². The number of hydrogen-bond acceptors (Lipinski definition) is 4. The summed E-state index contributed by atoms with van der Waals surface area (Å²) in [5, 5.41) is 2.61. The first-order valence-corrected chi connectivity index (χ1v) is 6.63. The molecule has 0 bridgehead atoms. The number of thioether (sulfide) groups is 1. The number of carbonyl (C=O) groups excluding carboxylic acids is 2. The highest BCUT2D eigenvalue weighted by molar-refractivity contribution is 8.01. The minimum Gasteiger partial charge on any atom is -0.497 e. The lowest BCUT2D eigenvalue weighted by molar-refractivity contribution is -0.116. The second-order valence-corrected chi connectivity index (χ2v) is 5.17. The van der Waals surface area contributed by atoms with Crippen LogP contribution in [0.5, 0.6) is 5.75 Å². The molecule has 18 heavy (non-hydrogen) atoms. The van der Waals surface area contributed by atoms with Gasteiger partial charge in [-0.05, 0) is 38.1 Å². The Morgan fingerprint density at radius 3 is 2.44 bits per heavy atom. The van der Waals surface area contributed by atoms with Gasteiger partial charge < -0.3 is 10.1 Å². The molecule has 0 saturated heterocycles. The molecule has 1 unspecified atom stereocenters. The molecule has 0 spiro atoms. The molecule has 1 aromatic rings. The van der Waals surface area contributed by atoms with Crippen molar-refractivity contribution in [1.29, 1.82) is 0 Å². The molecule has 5 heteroatoms. The average molecular weight is 267 g/mol. The highest BCUT2D eigenvalue weighted by Gasteiger charge is 2.10. The number of anilines is 1. The van der Waals surface area contributed by atoms with Gasteiger partial charge in [-0.2, -0.15) is 0 Å². The van der Waals surface area contributed by atoms with Crippen LogP contribution in [-0.4, -0.2) is 29.8 Å². The van der Waals surface area contributed by atoms with Gasteiger partial charge in [-0.1, -0.05) is 0 Å². The predicted octanol–water partition coefficient (Wildman–Crippen LogP) is 2.34. The third-order valence-corrected chi connectivity index (χ3v) is 3.67. The van der Waals surface area contributed by atoms with Crippen molar-refractivity contribution in [2.45, 2.75) is 19.1 Å². The van der Waals surface area contributed by atoms with Gasteiger partial charge in [0.15, 0.2) is 0 Å². The Hall–Kier alpha value is -1.49. The SMILES string of the molecule is COc1ccc(NC(=O)CSC(C)C(C)=O)cc1. The van der Waals surface area contributed by atoms with Crippen LogP contribution >= 0.6 is 11.8 Å². The number of Topliss-reactive ketones (excluding diaryl/α,β-unsaturated/α-hetero) is 1. The largest absolute Gasteiger partial charge is 0.497 e. The molecule has 1 atom stereocenters. The summed E-state index contributed by atoms with van der Waals surface area (Å²) in [6, 6.07) is 7.10. The van der Waals surface area contributed by atoms with Crippen LogP contribution in [0.4, 0.5) is 5.69 Å². The summed E-state index contributed by atoms with van der Waals surface area (Å²) in [4.78, 5) is 22.6. The van der Waals surface area contributed by atoms with Crippen molar-refractivity contribution >= 4 is 29.1 Å². The number of hydrogen-bond donors (Lipinski definition) is 1. The Morgan fingerprint density at radius 2 is 1.94 bits per heavy atom. The van der Waals surface area contributed by atoms with E-state index in [9.17, 15) is 9.59 Å². The minimum absolute atomic E-state index is 0.0808. The Kier molecular flexibility index (Phi) is 5.71. The van der Waals surface area contributed by atoms with Gasteiger partial charge in [0.05, 0.1) is 18.1 Å². The second-order valence-electron chi connectivity index (χ2n) is 3.84. The van der Waals surface area contributed by atoms with Crippen molar-refractivity contribution in [2.24, 2.45) is 0 Å². The lowest BCUT2D eigenvalue weighted by Gasteiger charge is -2.08. The lowest BCUT2D eigenvalue weighted by Crippen LogP contribution is -2.18. The quantitative estimate of drug-likeness (QED) is 0.859. The van der Waals surface area contributed by atoms with E-state index in [0.717, 1.165) is 11.4 Å². The minimum atomic E-state index is -0.147. The zero-order chi connectivity index (χ0) is 13.5. The number of amides is 1.